The lowest BCUT2D eigenvalue weighted by molar-refractivity contribution is -0.0505. The van der Waals surface area contributed by atoms with E-state index in [1.54, 1.807) is 12.3 Å². The van der Waals surface area contributed by atoms with Crippen LogP contribution in [0.2, 0.25) is 0 Å². The van der Waals surface area contributed by atoms with Crippen LogP contribution in [-0.2, 0) is 11.3 Å². The lowest BCUT2D eigenvalue weighted by Gasteiger charge is -2.36. The number of hydrogen-bond acceptors (Lipinski definition) is 6. The number of nitrogens with one attached hydrogen (secondary N) is 1. The zero-order chi connectivity index (χ0) is 16.7. The minimum absolute atomic E-state index is 0.0252. The number of aromatic nitrogens is 3. The summed E-state index contributed by atoms with van der Waals surface area (Å²) < 4.78 is 11.2. The summed E-state index contributed by atoms with van der Waals surface area (Å²) in [6.45, 7) is 7.47. The summed E-state index contributed by atoms with van der Waals surface area (Å²) in [5.41, 5.74) is 2.58. The molecule has 24 heavy (non-hydrogen) atoms. The van der Waals surface area contributed by atoms with E-state index in [2.05, 4.69) is 20.3 Å². The number of carbonyl (C=O) groups is 1. The molecule has 4 rings (SSSR count). The lowest BCUT2D eigenvalue weighted by atomic mass is 10.1. The highest BCUT2D eigenvalue weighted by Crippen LogP contribution is 2.26. The number of hydrogen-bond donors (Lipinski definition) is 1. The zero-order valence-corrected chi connectivity index (χ0v) is 13.9. The van der Waals surface area contributed by atoms with Crippen LogP contribution in [0.25, 0.3) is 0 Å². The number of H-pyrrole nitrogens is 1. The molecule has 128 valence electrons. The minimum atomic E-state index is -0.0252. The van der Waals surface area contributed by atoms with Gasteiger partial charge in [0.1, 0.15) is 11.5 Å². The first kappa shape index (κ1) is 15.3. The van der Waals surface area contributed by atoms with Gasteiger partial charge in [0.05, 0.1) is 24.4 Å². The molecular formula is C16H21N5O3. The van der Waals surface area contributed by atoms with E-state index >= 15 is 0 Å². The van der Waals surface area contributed by atoms with E-state index in [0.29, 0.717) is 25.4 Å². The molecule has 8 heteroatoms. The molecule has 2 fully saturated rings. The lowest BCUT2D eigenvalue weighted by Crippen LogP contribution is -2.50. The van der Waals surface area contributed by atoms with Crippen molar-refractivity contribution in [3.63, 3.8) is 0 Å². The zero-order valence-electron chi connectivity index (χ0n) is 13.9. The Labute approximate surface area is 139 Å². The molecule has 1 amide bonds. The van der Waals surface area contributed by atoms with Crippen LogP contribution in [0.1, 0.15) is 27.5 Å². The molecule has 2 aromatic heterocycles. The topological polar surface area (TPSA) is 87.5 Å². The molecule has 2 saturated heterocycles. The van der Waals surface area contributed by atoms with Crippen LogP contribution in [0.15, 0.2) is 16.8 Å². The fourth-order valence-corrected chi connectivity index (χ4v) is 3.60. The number of rotatable bonds is 3. The number of likely N-dealkylation sites (tertiary alicyclic amines) is 1. The summed E-state index contributed by atoms with van der Waals surface area (Å²) in [6, 6.07) is 1.90. The normalized spacial score (nSPS) is 24.3. The third-order valence-electron chi connectivity index (χ3n) is 4.98. The fraction of sp³-hybridized carbons (Fsp3) is 0.562. The van der Waals surface area contributed by atoms with E-state index in [1.165, 1.54) is 0 Å². The Kier molecular flexibility index (Phi) is 3.85. The predicted octanol–water partition coefficient (Wildman–Crippen LogP) is 0.740. The number of ether oxygens (including phenoxy) is 1. The second-order valence-corrected chi connectivity index (χ2v) is 6.43. The molecule has 2 atom stereocenters. The van der Waals surface area contributed by atoms with Gasteiger partial charge >= 0.3 is 0 Å². The van der Waals surface area contributed by atoms with Crippen molar-refractivity contribution >= 4 is 5.91 Å². The highest BCUT2D eigenvalue weighted by atomic mass is 16.5. The van der Waals surface area contributed by atoms with Crippen LogP contribution in [0, 0.1) is 13.8 Å². The first-order chi connectivity index (χ1) is 11.6. The van der Waals surface area contributed by atoms with Gasteiger partial charge in [-0.25, -0.2) is 0 Å². The van der Waals surface area contributed by atoms with Crippen molar-refractivity contribution in [2.45, 2.75) is 32.5 Å². The maximum absolute atomic E-state index is 12.5. The largest absolute Gasteiger partial charge is 0.373 e. The van der Waals surface area contributed by atoms with Gasteiger partial charge in [-0.2, -0.15) is 5.10 Å². The van der Waals surface area contributed by atoms with Gasteiger partial charge in [-0.3, -0.25) is 14.8 Å². The SMILES string of the molecule is Cc1noc(C)c1CN1CCO[C@@H]2CN(C(=O)c3ccn[nH]3)C[C@@H]21. The van der Waals surface area contributed by atoms with Crippen molar-refractivity contribution < 1.29 is 14.1 Å². The van der Waals surface area contributed by atoms with Crippen LogP contribution in [0.4, 0.5) is 0 Å². The Hall–Kier alpha value is -2.19. The number of nitrogens with zero attached hydrogens (tertiary/aromatic N) is 4. The first-order valence-corrected chi connectivity index (χ1v) is 8.19. The molecule has 4 heterocycles. The maximum atomic E-state index is 12.5. The maximum Gasteiger partial charge on any atom is 0.272 e. The van der Waals surface area contributed by atoms with Crippen LogP contribution in [0.3, 0.4) is 0 Å². The van der Waals surface area contributed by atoms with E-state index in [1.807, 2.05) is 18.7 Å². The van der Waals surface area contributed by atoms with Crippen molar-refractivity contribution in [1.29, 1.82) is 0 Å². The molecular weight excluding hydrogens is 310 g/mol. The summed E-state index contributed by atoms with van der Waals surface area (Å²) in [4.78, 5) is 16.8. The molecule has 0 unspecified atom stereocenters. The van der Waals surface area contributed by atoms with Gasteiger partial charge in [0, 0.05) is 37.9 Å². The van der Waals surface area contributed by atoms with Crippen molar-refractivity contribution in [1.82, 2.24) is 25.2 Å². The number of amides is 1. The second-order valence-electron chi connectivity index (χ2n) is 6.43. The average molecular weight is 331 g/mol. The van der Waals surface area contributed by atoms with Crippen molar-refractivity contribution in [3.05, 3.63) is 35.0 Å². The molecule has 0 spiro atoms. The second kappa shape index (κ2) is 6.03. The van der Waals surface area contributed by atoms with Crippen LogP contribution >= 0.6 is 0 Å². The third kappa shape index (κ3) is 2.61. The molecule has 0 aromatic carbocycles. The van der Waals surface area contributed by atoms with Crippen molar-refractivity contribution in [2.24, 2.45) is 0 Å². The number of carbonyl (C=O) groups excluding carboxylic acids is 1. The van der Waals surface area contributed by atoms with E-state index in [4.69, 9.17) is 9.26 Å². The summed E-state index contributed by atoms with van der Waals surface area (Å²) in [5, 5.41) is 10.6. The first-order valence-electron chi connectivity index (χ1n) is 8.19. The van der Waals surface area contributed by atoms with Gasteiger partial charge in [0.2, 0.25) is 0 Å². The molecule has 0 bridgehead atoms. The van der Waals surface area contributed by atoms with Crippen LogP contribution in [-0.4, -0.2) is 69.4 Å². The Balaban J connectivity index is 1.50. The van der Waals surface area contributed by atoms with Gasteiger partial charge in [-0.1, -0.05) is 5.16 Å². The summed E-state index contributed by atoms with van der Waals surface area (Å²) in [6.07, 6.45) is 1.64. The summed E-state index contributed by atoms with van der Waals surface area (Å²) in [5.74, 6) is 0.835. The van der Waals surface area contributed by atoms with Gasteiger partial charge in [0.15, 0.2) is 0 Å². The van der Waals surface area contributed by atoms with Gasteiger partial charge in [0.25, 0.3) is 5.91 Å². The summed E-state index contributed by atoms with van der Waals surface area (Å²) >= 11 is 0. The van der Waals surface area contributed by atoms with Gasteiger partial charge < -0.3 is 14.2 Å². The smallest absolute Gasteiger partial charge is 0.272 e. The molecule has 0 radical (unpaired) electrons. The Bertz CT molecular complexity index is 707. The number of aromatic amines is 1. The molecule has 2 aliphatic rings. The molecule has 2 aliphatic heterocycles. The number of fused-ring (bicyclic) bond motifs is 1. The molecule has 2 aromatic rings. The Morgan fingerprint density at radius 2 is 2.29 bits per heavy atom. The Morgan fingerprint density at radius 3 is 3.00 bits per heavy atom. The highest BCUT2D eigenvalue weighted by molar-refractivity contribution is 5.92. The molecule has 1 N–H and O–H groups in total. The van der Waals surface area contributed by atoms with E-state index in [0.717, 1.165) is 30.1 Å². The van der Waals surface area contributed by atoms with Gasteiger partial charge in [-0.15, -0.1) is 0 Å². The monoisotopic (exact) mass is 331 g/mol. The standard InChI is InChI=1S/C16H21N5O3/c1-10-12(11(2)24-19-10)7-20-5-6-23-15-9-21(8-14(15)20)16(22)13-3-4-17-18-13/h3-4,14-15H,5-9H2,1-2H3,(H,17,18)/t14-,15+/m0/s1. The predicted molar refractivity (Wildman–Crippen MR) is 84.4 cm³/mol. The van der Waals surface area contributed by atoms with Gasteiger partial charge in [-0.05, 0) is 19.9 Å². The molecule has 0 saturated carbocycles. The van der Waals surface area contributed by atoms with Crippen LogP contribution < -0.4 is 0 Å². The van der Waals surface area contributed by atoms with Crippen LogP contribution in [0.5, 0.6) is 0 Å². The highest BCUT2D eigenvalue weighted by Gasteiger charge is 2.42. The quantitative estimate of drug-likeness (QED) is 0.892. The third-order valence-corrected chi connectivity index (χ3v) is 4.98. The molecule has 0 aliphatic carbocycles. The fourth-order valence-electron chi connectivity index (χ4n) is 3.60. The van der Waals surface area contributed by atoms with Crippen molar-refractivity contribution in [3.8, 4) is 0 Å². The van der Waals surface area contributed by atoms with Crippen molar-refractivity contribution in [2.75, 3.05) is 26.2 Å². The number of morpholine rings is 1. The minimum Gasteiger partial charge on any atom is -0.373 e. The molecule has 8 nitrogen and oxygen atoms in total. The average Bonchev–Trinajstić information content (AvgIpc) is 3.30. The van der Waals surface area contributed by atoms with E-state index in [9.17, 15) is 4.79 Å². The van der Waals surface area contributed by atoms with E-state index in [-0.39, 0.29) is 18.1 Å². The Morgan fingerprint density at radius 1 is 1.42 bits per heavy atom. The summed E-state index contributed by atoms with van der Waals surface area (Å²) in [7, 11) is 0. The van der Waals surface area contributed by atoms with E-state index < -0.39 is 0 Å². The number of aryl methyl sites for hydroxylation is 2.